The predicted molar refractivity (Wildman–Crippen MR) is 213 cm³/mol. The first-order valence-electron chi connectivity index (χ1n) is 19.5. The Morgan fingerprint density at radius 1 is 1.03 bits per heavy atom. The van der Waals surface area contributed by atoms with Crippen LogP contribution in [0, 0.1) is 23.0 Å². The van der Waals surface area contributed by atoms with Gasteiger partial charge < -0.3 is 0 Å². The maximum absolute atomic E-state index is 17.1. The van der Waals surface area contributed by atoms with E-state index in [0.717, 1.165) is 32.2 Å². The number of hydrogen-bond donors (Lipinski definition) is 0. The van der Waals surface area contributed by atoms with Gasteiger partial charge in [0.25, 0.3) is 0 Å². The Balaban J connectivity index is 1.12. The van der Waals surface area contributed by atoms with Crippen LogP contribution in [0.25, 0.3) is 32.9 Å². The molecule has 0 spiro atoms. The molecule has 0 bridgehead atoms. The van der Waals surface area contributed by atoms with Crippen molar-refractivity contribution in [3.63, 3.8) is 0 Å². The van der Waals surface area contributed by atoms with E-state index in [0.29, 0.717) is 39.6 Å². The van der Waals surface area contributed by atoms with Crippen LogP contribution in [0.2, 0.25) is 5.02 Å². The van der Waals surface area contributed by atoms with E-state index >= 15 is 4.39 Å². The van der Waals surface area contributed by atoms with Crippen molar-refractivity contribution in [2.45, 2.75) is 74.1 Å². The molecule has 5 aromatic rings. The van der Waals surface area contributed by atoms with Crippen LogP contribution in [0.5, 0.6) is 6.01 Å². The molecular formula is C43H42ClF2IN7O5-. The second kappa shape index (κ2) is 16.6. The number of amides is 1. The van der Waals surface area contributed by atoms with Crippen LogP contribution < -0.4 is 29.3 Å². The maximum atomic E-state index is 17.1. The molecule has 3 atom stereocenters. The van der Waals surface area contributed by atoms with Crippen molar-refractivity contribution in [2.24, 2.45) is 0 Å². The molecule has 2 aromatic heterocycles. The van der Waals surface area contributed by atoms with E-state index in [-0.39, 0.29) is 66.0 Å². The summed E-state index contributed by atoms with van der Waals surface area (Å²) in [4.78, 5) is 44.1. The summed E-state index contributed by atoms with van der Waals surface area (Å²) in [6, 6.07) is 19.0. The van der Waals surface area contributed by atoms with Crippen LogP contribution in [0.1, 0.15) is 63.2 Å². The van der Waals surface area contributed by atoms with Gasteiger partial charge >= 0.3 is 317 Å². The van der Waals surface area contributed by atoms with Gasteiger partial charge in [-0.3, -0.25) is 0 Å². The van der Waals surface area contributed by atoms with Gasteiger partial charge in [-0.1, -0.05) is 18.2 Å². The standard InChI is InChI=1S/C43H42ClF2IN7O5/c1-42(2,3)59-41(56)52-21-22-54(47-32(52)16-19-48)38-30-23-49-36(29-12-7-11-26-13-14-31(45)34(44)33(26)29)35(46)37(30)50-40(51-38)57-24-28-15-18-43(17-8-20-53(28)43)25-58-39(55)27-9-5-4-6-10-27/h4-7,9-14,23,28,32H,8,15-18,20-22,24-25H2,1-3H3/q-1/t28?,32-,43?/m0/s1. The average Bonchev–Trinajstić information content (AvgIpc) is 3.79. The third-order valence-electron chi connectivity index (χ3n) is 11.0. The monoisotopic (exact) mass is 936 g/mol. The topological polar surface area (TPSA) is 134 Å². The van der Waals surface area contributed by atoms with Gasteiger partial charge in [0, 0.05) is 0 Å². The van der Waals surface area contributed by atoms with Gasteiger partial charge in [0.15, 0.2) is 0 Å². The average molecular weight is 937 g/mol. The van der Waals surface area contributed by atoms with E-state index in [1.807, 2.05) is 9.18 Å². The van der Waals surface area contributed by atoms with Crippen LogP contribution in [-0.2, 0) is 9.47 Å². The molecule has 16 heteroatoms. The van der Waals surface area contributed by atoms with Crippen molar-refractivity contribution in [3.8, 4) is 23.3 Å². The van der Waals surface area contributed by atoms with Gasteiger partial charge in [0.05, 0.1) is 5.56 Å². The zero-order chi connectivity index (χ0) is 41.5. The Kier molecular flexibility index (Phi) is 11.5. The number of nitriles is 1. The number of ether oxygens (including phenoxy) is 3. The Morgan fingerprint density at radius 3 is 2.63 bits per heavy atom. The molecule has 1 amide bonds. The third-order valence-corrected chi connectivity index (χ3v) is 14.7. The van der Waals surface area contributed by atoms with Gasteiger partial charge in [-0.2, -0.15) is 0 Å². The van der Waals surface area contributed by atoms with Gasteiger partial charge in [0.2, 0.25) is 0 Å². The summed E-state index contributed by atoms with van der Waals surface area (Å²) in [6.07, 6.45) is 4.50. The van der Waals surface area contributed by atoms with Crippen LogP contribution in [-0.4, -0.2) is 90.9 Å². The fraction of sp³-hybridized carbons (Fsp3) is 0.395. The molecule has 5 heterocycles. The van der Waals surface area contributed by atoms with E-state index in [9.17, 15) is 19.2 Å². The van der Waals surface area contributed by atoms with Crippen molar-refractivity contribution in [2.75, 3.05) is 36.0 Å². The SMILES string of the molecule is CC(C)(C)OC(=O)N1CCN(c2nc(OCC3CCC4(COC(=O)c5ccccc5)CCCN34)nc3c(F)c(-c4cccc5ccc(F)c(Cl)c45)ncc23)[I-][C@@H]1CC#N. The molecule has 3 fully saturated rings. The van der Waals surface area contributed by atoms with Crippen LogP contribution >= 0.6 is 11.6 Å². The van der Waals surface area contributed by atoms with E-state index < -0.39 is 48.9 Å². The molecule has 8 rings (SSSR count). The molecule has 2 unspecified atom stereocenters. The Bertz CT molecular complexity index is 2470. The first-order valence-corrected chi connectivity index (χ1v) is 22.1. The molecule has 3 aliphatic heterocycles. The number of anilines is 1. The number of halogens is 4. The molecule has 0 N–H and O–H groups in total. The first kappa shape index (κ1) is 40.8. The third kappa shape index (κ3) is 8.18. The van der Waals surface area contributed by atoms with Gasteiger partial charge in [-0.05, 0) is 12.1 Å². The summed E-state index contributed by atoms with van der Waals surface area (Å²) < 4.78 is 51.3. The number of benzene rings is 3. The summed E-state index contributed by atoms with van der Waals surface area (Å²) in [5.41, 5.74) is -0.352. The number of hydrogen-bond acceptors (Lipinski definition) is 11. The van der Waals surface area contributed by atoms with Gasteiger partial charge in [-0.25, -0.2) is 4.79 Å². The Hall–Kier alpha value is -4.92. The molecule has 3 aromatic carbocycles. The molecule has 59 heavy (non-hydrogen) atoms. The predicted octanol–water partition coefficient (Wildman–Crippen LogP) is 5.31. The second-order valence-electron chi connectivity index (χ2n) is 15.9. The summed E-state index contributed by atoms with van der Waals surface area (Å²) >= 11 is 5.33. The number of fused-ring (bicyclic) bond motifs is 3. The molecule has 3 aliphatic rings. The summed E-state index contributed by atoms with van der Waals surface area (Å²) in [5, 5.41) is 10.9. The van der Waals surface area contributed by atoms with Gasteiger partial charge in [0.1, 0.15) is 0 Å². The van der Waals surface area contributed by atoms with Crippen LogP contribution in [0.4, 0.5) is 19.4 Å². The van der Waals surface area contributed by atoms with Gasteiger partial charge in [-0.15, -0.1) is 0 Å². The zero-order valence-corrected chi connectivity index (χ0v) is 35.7. The van der Waals surface area contributed by atoms with Crippen LogP contribution in [0.15, 0.2) is 66.9 Å². The second-order valence-corrected chi connectivity index (χ2v) is 19.4. The molecule has 3 saturated heterocycles. The number of nitrogens with zero attached hydrogens (tertiary/aromatic N) is 7. The van der Waals surface area contributed by atoms with E-state index in [4.69, 9.17) is 30.8 Å². The fourth-order valence-electron chi connectivity index (χ4n) is 8.25. The van der Waals surface area contributed by atoms with E-state index in [2.05, 4.69) is 20.9 Å². The van der Waals surface area contributed by atoms with Crippen molar-refractivity contribution < 1.29 is 54.1 Å². The molecule has 0 radical (unpaired) electrons. The van der Waals surface area contributed by atoms with Crippen molar-refractivity contribution in [1.82, 2.24) is 24.8 Å². The van der Waals surface area contributed by atoms with Crippen LogP contribution in [0.3, 0.4) is 0 Å². The number of esters is 1. The fourth-order valence-corrected chi connectivity index (χ4v) is 11.6. The number of aromatic nitrogens is 3. The van der Waals surface area contributed by atoms with Crippen molar-refractivity contribution in [1.29, 1.82) is 5.26 Å². The molecule has 12 nitrogen and oxygen atoms in total. The first-order chi connectivity index (χ1) is 28.4. The minimum absolute atomic E-state index is 0.0361. The van der Waals surface area contributed by atoms with Crippen molar-refractivity contribution in [3.05, 3.63) is 89.1 Å². The minimum atomic E-state index is -1.13. The van der Waals surface area contributed by atoms with E-state index in [1.165, 1.54) is 12.3 Å². The van der Waals surface area contributed by atoms with Crippen molar-refractivity contribution >= 4 is 51.2 Å². The van der Waals surface area contributed by atoms with E-state index in [1.54, 1.807) is 74.2 Å². The summed E-state index contributed by atoms with van der Waals surface area (Å²) in [6.45, 7) is 7.23. The molecular weight excluding hydrogens is 895 g/mol. The summed E-state index contributed by atoms with van der Waals surface area (Å²) in [5.74, 6) is -1.39. The number of pyridine rings is 1. The zero-order valence-electron chi connectivity index (χ0n) is 32.8. The number of alkyl halides is 1. The quantitative estimate of drug-likeness (QED) is 0.0627. The number of rotatable bonds is 9. The molecule has 0 saturated carbocycles. The number of carbonyl (C=O) groups excluding carboxylic acids is 2. The Morgan fingerprint density at radius 2 is 1.85 bits per heavy atom. The summed E-state index contributed by atoms with van der Waals surface area (Å²) in [7, 11) is 0. The normalized spacial score (nSPS) is 20.9. The Labute approximate surface area is 356 Å². The molecule has 308 valence electrons. The number of carbonyl (C=O) groups is 2. The molecule has 0 aliphatic carbocycles.